The molecule has 3 rings (SSSR count). The zero-order chi connectivity index (χ0) is 16.9. The summed E-state index contributed by atoms with van der Waals surface area (Å²) in [6.45, 7) is 0.500. The van der Waals surface area contributed by atoms with Crippen molar-refractivity contribution in [3.05, 3.63) is 53.6 Å². The first-order chi connectivity index (χ1) is 11.6. The van der Waals surface area contributed by atoms with Crippen molar-refractivity contribution in [1.82, 2.24) is 0 Å². The predicted octanol–water partition coefficient (Wildman–Crippen LogP) is 2.35. The molecular formula is C18H18N2O4. The van der Waals surface area contributed by atoms with Crippen LogP contribution in [0, 0.1) is 0 Å². The molecule has 0 saturated heterocycles. The Morgan fingerprint density at radius 3 is 2.92 bits per heavy atom. The van der Waals surface area contributed by atoms with Gasteiger partial charge in [-0.2, -0.15) is 0 Å². The molecule has 24 heavy (non-hydrogen) atoms. The number of amides is 2. The number of rotatable bonds is 5. The lowest BCUT2D eigenvalue weighted by Gasteiger charge is -2.18. The monoisotopic (exact) mass is 326 g/mol. The van der Waals surface area contributed by atoms with E-state index in [0.29, 0.717) is 23.7 Å². The molecule has 0 atom stereocenters. The van der Waals surface area contributed by atoms with E-state index >= 15 is 0 Å². The molecule has 2 aromatic carbocycles. The van der Waals surface area contributed by atoms with Gasteiger partial charge in [-0.15, -0.1) is 0 Å². The molecule has 0 bridgehead atoms. The van der Waals surface area contributed by atoms with Crippen molar-refractivity contribution >= 4 is 23.2 Å². The van der Waals surface area contributed by atoms with E-state index in [1.807, 2.05) is 24.3 Å². The zero-order valence-electron chi connectivity index (χ0n) is 13.3. The first kappa shape index (κ1) is 16.0. The number of nitrogens with one attached hydrogen (secondary N) is 2. The second kappa shape index (κ2) is 7.14. The number of carbonyl (C=O) groups is 2. The molecule has 6 nitrogen and oxygen atoms in total. The second-order valence-corrected chi connectivity index (χ2v) is 5.53. The van der Waals surface area contributed by atoms with E-state index in [2.05, 4.69) is 10.6 Å². The van der Waals surface area contributed by atoms with Crippen LogP contribution in [-0.2, 0) is 27.4 Å². The van der Waals surface area contributed by atoms with Gasteiger partial charge in [-0.1, -0.05) is 24.3 Å². The third-order valence-corrected chi connectivity index (χ3v) is 3.57. The van der Waals surface area contributed by atoms with Crippen molar-refractivity contribution in [3.8, 4) is 5.75 Å². The molecule has 1 heterocycles. The molecule has 0 aliphatic carbocycles. The summed E-state index contributed by atoms with van der Waals surface area (Å²) >= 11 is 0. The fraction of sp³-hybridized carbons (Fsp3) is 0.222. The molecule has 0 aromatic heterocycles. The minimum absolute atomic E-state index is 0.0172. The summed E-state index contributed by atoms with van der Waals surface area (Å²) in [7, 11) is 1.64. The molecule has 0 unspecified atom stereocenters. The Kier molecular flexibility index (Phi) is 4.77. The highest BCUT2D eigenvalue weighted by atomic mass is 16.5. The Bertz CT molecular complexity index is 773. The fourth-order valence-corrected chi connectivity index (χ4v) is 2.54. The lowest BCUT2D eigenvalue weighted by Crippen LogP contribution is -2.25. The van der Waals surface area contributed by atoms with Gasteiger partial charge in [0.25, 0.3) is 5.91 Å². The smallest absolute Gasteiger partial charge is 0.262 e. The number of hydrogen-bond donors (Lipinski definition) is 2. The third kappa shape index (κ3) is 3.91. The van der Waals surface area contributed by atoms with E-state index in [1.165, 1.54) is 0 Å². The molecule has 6 heteroatoms. The van der Waals surface area contributed by atoms with Crippen LogP contribution in [0.4, 0.5) is 11.4 Å². The minimum Gasteiger partial charge on any atom is -0.482 e. The van der Waals surface area contributed by atoms with Crippen molar-refractivity contribution in [2.75, 3.05) is 24.4 Å². The topological polar surface area (TPSA) is 76.7 Å². The Morgan fingerprint density at radius 1 is 1.25 bits per heavy atom. The van der Waals surface area contributed by atoms with Gasteiger partial charge < -0.3 is 20.1 Å². The van der Waals surface area contributed by atoms with Crippen LogP contribution in [0.5, 0.6) is 5.75 Å². The van der Waals surface area contributed by atoms with Gasteiger partial charge in [0.05, 0.1) is 18.7 Å². The van der Waals surface area contributed by atoms with Crippen LogP contribution in [0.3, 0.4) is 0 Å². The summed E-state index contributed by atoms with van der Waals surface area (Å²) in [5, 5.41) is 5.55. The summed E-state index contributed by atoms with van der Waals surface area (Å²) in [6, 6.07) is 12.9. The maximum absolute atomic E-state index is 12.2. The quantitative estimate of drug-likeness (QED) is 0.884. The summed E-state index contributed by atoms with van der Waals surface area (Å²) < 4.78 is 10.4. The van der Waals surface area contributed by atoms with Crippen molar-refractivity contribution in [1.29, 1.82) is 0 Å². The highest BCUT2D eigenvalue weighted by Crippen LogP contribution is 2.30. The molecule has 0 saturated carbocycles. The Balaban J connectivity index is 1.65. The third-order valence-electron chi connectivity index (χ3n) is 3.57. The van der Waals surface area contributed by atoms with Crippen molar-refractivity contribution in [2.45, 2.75) is 13.0 Å². The molecule has 2 aromatic rings. The average molecular weight is 326 g/mol. The maximum Gasteiger partial charge on any atom is 0.262 e. The number of anilines is 2. The van der Waals surface area contributed by atoms with Crippen LogP contribution < -0.4 is 15.4 Å². The van der Waals surface area contributed by atoms with Gasteiger partial charge >= 0.3 is 0 Å². The molecule has 1 aliphatic heterocycles. The van der Waals surface area contributed by atoms with Gasteiger partial charge in [0, 0.05) is 18.9 Å². The van der Waals surface area contributed by atoms with Crippen molar-refractivity contribution in [3.63, 3.8) is 0 Å². The number of ether oxygens (including phenoxy) is 2. The summed E-state index contributed by atoms with van der Waals surface area (Å²) in [4.78, 5) is 23.5. The van der Waals surface area contributed by atoms with Gasteiger partial charge in [0.1, 0.15) is 5.75 Å². The zero-order valence-corrected chi connectivity index (χ0v) is 13.3. The molecule has 0 fully saturated rings. The number of benzene rings is 2. The molecule has 1 aliphatic rings. The maximum atomic E-state index is 12.2. The predicted molar refractivity (Wildman–Crippen MR) is 90.1 cm³/mol. The van der Waals surface area contributed by atoms with E-state index in [4.69, 9.17) is 9.47 Å². The highest BCUT2D eigenvalue weighted by Gasteiger charge is 2.16. The van der Waals surface area contributed by atoms with E-state index < -0.39 is 0 Å². The van der Waals surface area contributed by atoms with E-state index in [-0.39, 0.29) is 24.8 Å². The summed E-state index contributed by atoms with van der Waals surface area (Å²) in [5.41, 5.74) is 3.18. The highest BCUT2D eigenvalue weighted by molar-refractivity contribution is 5.97. The Hall–Kier alpha value is -2.86. The normalized spacial score (nSPS) is 12.8. The Labute approximate surface area is 139 Å². The van der Waals surface area contributed by atoms with Gasteiger partial charge in [0.2, 0.25) is 5.91 Å². The lowest BCUT2D eigenvalue weighted by molar-refractivity contribution is -0.118. The minimum atomic E-state index is -0.185. The second-order valence-electron chi connectivity index (χ2n) is 5.53. The number of hydrogen-bond acceptors (Lipinski definition) is 4. The first-order valence-corrected chi connectivity index (χ1v) is 7.57. The number of fused-ring (bicyclic) bond motifs is 1. The van der Waals surface area contributed by atoms with Crippen LogP contribution in [0.25, 0.3) is 0 Å². The number of carbonyl (C=O) groups excluding carboxylic acids is 2. The molecule has 0 radical (unpaired) electrons. The van der Waals surface area contributed by atoms with Gasteiger partial charge in [0.15, 0.2) is 6.61 Å². The molecule has 124 valence electrons. The van der Waals surface area contributed by atoms with E-state index in [0.717, 1.165) is 11.1 Å². The average Bonchev–Trinajstić information content (AvgIpc) is 2.55. The summed E-state index contributed by atoms with van der Waals surface area (Å²) in [5.74, 6) is 0.245. The molecule has 0 spiro atoms. The van der Waals surface area contributed by atoms with Crippen molar-refractivity contribution in [2.24, 2.45) is 0 Å². The van der Waals surface area contributed by atoms with Crippen LogP contribution in [0.15, 0.2) is 42.5 Å². The first-order valence-electron chi connectivity index (χ1n) is 7.57. The molecule has 2 N–H and O–H groups in total. The SMILES string of the molecule is COCc1cccc(CC(=O)Nc2ccc3c(c2)OCC(=O)N3)c1. The van der Waals surface area contributed by atoms with E-state index in [9.17, 15) is 9.59 Å². The molecule has 2 amide bonds. The van der Waals surface area contributed by atoms with Gasteiger partial charge in [-0.3, -0.25) is 9.59 Å². The van der Waals surface area contributed by atoms with E-state index in [1.54, 1.807) is 25.3 Å². The standard InChI is InChI=1S/C18H18N2O4/c1-23-10-13-4-2-3-12(7-13)8-17(21)19-14-5-6-15-16(9-14)24-11-18(22)20-15/h2-7,9H,8,10-11H2,1H3,(H,19,21)(H,20,22). The van der Waals surface area contributed by atoms with Gasteiger partial charge in [-0.05, 0) is 23.3 Å². The fourth-order valence-electron chi connectivity index (χ4n) is 2.54. The summed E-state index contributed by atoms with van der Waals surface area (Å²) in [6.07, 6.45) is 0.270. The van der Waals surface area contributed by atoms with Crippen LogP contribution in [0.1, 0.15) is 11.1 Å². The number of methoxy groups -OCH3 is 1. The van der Waals surface area contributed by atoms with Crippen LogP contribution in [-0.4, -0.2) is 25.5 Å². The van der Waals surface area contributed by atoms with Crippen LogP contribution >= 0.6 is 0 Å². The largest absolute Gasteiger partial charge is 0.482 e. The van der Waals surface area contributed by atoms with Gasteiger partial charge in [-0.25, -0.2) is 0 Å². The molecular weight excluding hydrogens is 308 g/mol. The lowest BCUT2D eigenvalue weighted by atomic mass is 10.1. The van der Waals surface area contributed by atoms with Crippen LogP contribution in [0.2, 0.25) is 0 Å². The van der Waals surface area contributed by atoms with Crippen molar-refractivity contribution < 1.29 is 19.1 Å². The Morgan fingerprint density at radius 2 is 2.08 bits per heavy atom.